The third-order valence-electron chi connectivity index (χ3n) is 11.5. The molecule has 0 saturated carbocycles. The highest BCUT2D eigenvalue weighted by Gasteiger charge is 2.26. The van der Waals surface area contributed by atoms with Crippen molar-refractivity contribution < 1.29 is 0 Å². The van der Waals surface area contributed by atoms with Gasteiger partial charge in [-0.05, 0) is 107 Å². The topological polar surface area (TPSA) is 54.7 Å². The third kappa shape index (κ3) is 5.87. The van der Waals surface area contributed by atoms with E-state index in [2.05, 4.69) is 206 Å². The molecular weight excluding hydrogens is 709 g/mol. The van der Waals surface area contributed by atoms with E-state index in [4.69, 9.17) is 10.1 Å². The van der Waals surface area contributed by atoms with Crippen molar-refractivity contribution in [2.45, 2.75) is 52.4 Å². The number of rotatable bonds is 6. The number of hydrogen-bond acceptors (Lipinski definition) is 3. The van der Waals surface area contributed by atoms with Crippen LogP contribution in [0.5, 0.6) is 0 Å². The van der Waals surface area contributed by atoms with E-state index >= 15 is 0 Å². The molecule has 10 aromatic rings. The normalized spacial score (nSPS) is 12.3. The Morgan fingerprint density at radius 3 is 1.98 bits per heavy atom. The van der Waals surface area contributed by atoms with Crippen LogP contribution in [0.3, 0.4) is 0 Å². The summed E-state index contributed by atoms with van der Waals surface area (Å²) in [4.78, 5) is 11.0. The van der Waals surface area contributed by atoms with Gasteiger partial charge in [-0.1, -0.05) is 114 Å². The number of fused-ring (bicyclic) bond motifs is 5. The maximum absolute atomic E-state index is 5.61. The molecule has 0 amide bonds. The highest BCUT2D eigenvalue weighted by Crippen LogP contribution is 2.44. The van der Waals surface area contributed by atoms with E-state index in [9.17, 15) is 0 Å². The lowest BCUT2D eigenvalue weighted by Gasteiger charge is -2.25. The van der Waals surface area contributed by atoms with Crippen LogP contribution in [-0.4, -0.2) is 24.3 Å². The first-order valence-electron chi connectivity index (χ1n) is 20.1. The molecule has 6 heteroatoms. The lowest BCUT2D eigenvalue weighted by molar-refractivity contribution is 0.590. The number of nitrogens with one attached hydrogen (secondary N) is 1. The highest BCUT2D eigenvalue weighted by atomic mass is 15.3. The number of pyridine rings is 1. The van der Waals surface area contributed by atoms with Gasteiger partial charge in [-0.15, -0.1) is 0 Å². The lowest BCUT2D eigenvalue weighted by Crippen LogP contribution is -2.15. The number of H-pyrrole nitrogens is 1. The van der Waals surface area contributed by atoms with Gasteiger partial charge in [0, 0.05) is 50.2 Å². The van der Waals surface area contributed by atoms with Crippen LogP contribution >= 0.6 is 0 Å². The van der Waals surface area contributed by atoms with Crippen molar-refractivity contribution in [1.82, 2.24) is 24.3 Å². The number of hydrogen-bond donors (Lipinski definition) is 1. The Balaban J connectivity index is 1.25. The Morgan fingerprint density at radius 1 is 0.552 bits per heavy atom. The van der Waals surface area contributed by atoms with Gasteiger partial charge in [-0.25, -0.2) is 9.67 Å². The fraction of sp³-hybridized carbons (Fsp3) is 0.154. The molecule has 0 aliphatic carbocycles. The molecule has 0 aliphatic heterocycles. The van der Waals surface area contributed by atoms with E-state index in [0.29, 0.717) is 0 Å². The first-order valence-corrected chi connectivity index (χ1v) is 20.1. The van der Waals surface area contributed by atoms with Crippen LogP contribution in [-0.2, 0) is 10.8 Å². The largest absolute Gasteiger partial charge is 0.354 e. The van der Waals surface area contributed by atoms with E-state index in [-0.39, 0.29) is 10.8 Å². The van der Waals surface area contributed by atoms with E-state index < -0.39 is 0 Å². The van der Waals surface area contributed by atoms with Crippen LogP contribution in [0, 0.1) is 0 Å². The van der Waals surface area contributed by atoms with Gasteiger partial charge in [0.2, 0.25) is 0 Å². The fourth-order valence-electron chi connectivity index (χ4n) is 8.38. The van der Waals surface area contributed by atoms with Crippen molar-refractivity contribution in [1.29, 1.82) is 0 Å². The molecule has 0 fully saturated rings. The maximum atomic E-state index is 5.61. The van der Waals surface area contributed by atoms with Crippen LogP contribution in [0.4, 0.5) is 17.3 Å². The average Bonchev–Trinajstić information content (AvgIpc) is 3.93. The molecule has 10 rings (SSSR count). The van der Waals surface area contributed by atoms with Crippen LogP contribution in [0.15, 0.2) is 164 Å². The molecule has 0 atom stereocenters. The van der Waals surface area contributed by atoms with E-state index in [1.165, 1.54) is 21.9 Å². The van der Waals surface area contributed by atoms with Crippen molar-refractivity contribution in [2.75, 3.05) is 4.90 Å². The van der Waals surface area contributed by atoms with Gasteiger partial charge in [-0.3, -0.25) is 9.47 Å². The highest BCUT2D eigenvalue weighted by molar-refractivity contribution is 6.14. The molecule has 0 bridgehead atoms. The summed E-state index contributed by atoms with van der Waals surface area (Å²) in [5.41, 5.74) is 12.0. The minimum Gasteiger partial charge on any atom is -0.354 e. The smallest absolute Gasteiger partial charge is 0.138 e. The second-order valence-electron chi connectivity index (χ2n) is 17.4. The Bertz CT molecular complexity index is 3080. The second kappa shape index (κ2) is 13.3. The molecular formula is C52H46N6. The van der Waals surface area contributed by atoms with Crippen molar-refractivity contribution >= 4 is 60.9 Å². The predicted molar refractivity (Wildman–Crippen MR) is 243 cm³/mol. The third-order valence-corrected chi connectivity index (χ3v) is 11.5. The molecule has 4 aromatic heterocycles. The van der Waals surface area contributed by atoms with Gasteiger partial charge in [0.25, 0.3) is 0 Å². The molecule has 6 nitrogen and oxygen atoms in total. The summed E-state index contributed by atoms with van der Waals surface area (Å²) in [6.45, 7) is 13.7. The minimum absolute atomic E-state index is 0.0350. The molecule has 0 saturated heterocycles. The Morgan fingerprint density at radius 2 is 1.24 bits per heavy atom. The summed E-state index contributed by atoms with van der Waals surface area (Å²) in [6.07, 6.45) is 1.85. The molecule has 0 radical (unpaired) electrons. The molecule has 284 valence electrons. The maximum Gasteiger partial charge on any atom is 0.138 e. The molecule has 0 unspecified atom stereocenters. The molecule has 6 aromatic carbocycles. The summed E-state index contributed by atoms with van der Waals surface area (Å²) in [7, 11) is 0. The van der Waals surface area contributed by atoms with Gasteiger partial charge in [0.15, 0.2) is 0 Å². The standard InChI is InChI=1S/C52H46N6/c1-51(2,3)34-27-28-43-39(30-34)40-31-35(52(4,5)6)32-42(49(40)54-43)50-38-22-13-14-23-45(38)58(55-50)46-25-17-24-44-41(46)33-48(56(44)36-18-9-7-10-19-36)57(37-20-11-8-12-21-37)47-26-15-16-29-53-47/h7-33,54H,1-6H3. The Hall–Kier alpha value is -6.92. The van der Waals surface area contributed by atoms with Crippen LogP contribution in [0.2, 0.25) is 0 Å². The number of benzene rings is 6. The van der Waals surface area contributed by atoms with Crippen LogP contribution in [0.25, 0.3) is 66.2 Å². The summed E-state index contributed by atoms with van der Waals surface area (Å²) in [6, 6.07) is 56.2. The van der Waals surface area contributed by atoms with Gasteiger partial charge in [0.05, 0.1) is 22.2 Å². The van der Waals surface area contributed by atoms with Gasteiger partial charge < -0.3 is 4.98 Å². The fourth-order valence-corrected chi connectivity index (χ4v) is 8.38. The van der Waals surface area contributed by atoms with Gasteiger partial charge >= 0.3 is 0 Å². The molecule has 58 heavy (non-hydrogen) atoms. The molecule has 0 spiro atoms. The Labute approximate surface area is 339 Å². The zero-order valence-corrected chi connectivity index (χ0v) is 33.8. The second-order valence-corrected chi connectivity index (χ2v) is 17.4. The summed E-state index contributed by atoms with van der Waals surface area (Å²) in [5.74, 6) is 1.81. The number of aromatic nitrogens is 5. The van der Waals surface area contributed by atoms with E-state index in [1.807, 2.05) is 18.3 Å². The first kappa shape index (κ1) is 35.5. The first-order chi connectivity index (χ1) is 28.0. The summed E-state index contributed by atoms with van der Waals surface area (Å²) >= 11 is 0. The van der Waals surface area contributed by atoms with Crippen molar-refractivity contribution in [2.24, 2.45) is 0 Å². The monoisotopic (exact) mass is 754 g/mol. The van der Waals surface area contributed by atoms with Crippen molar-refractivity contribution in [3.8, 4) is 22.6 Å². The average molecular weight is 755 g/mol. The van der Waals surface area contributed by atoms with Gasteiger partial charge in [-0.2, -0.15) is 5.10 Å². The summed E-state index contributed by atoms with van der Waals surface area (Å²) in [5, 5.41) is 10.3. The molecule has 4 heterocycles. The number of nitrogens with zero attached hydrogens (tertiary/aromatic N) is 5. The lowest BCUT2D eigenvalue weighted by atomic mass is 9.83. The zero-order chi connectivity index (χ0) is 39.8. The summed E-state index contributed by atoms with van der Waals surface area (Å²) < 4.78 is 4.48. The zero-order valence-electron chi connectivity index (χ0n) is 33.8. The van der Waals surface area contributed by atoms with Crippen molar-refractivity contribution in [3.05, 3.63) is 175 Å². The number of aromatic amines is 1. The SMILES string of the molecule is CC(C)(C)c1ccc2[nH]c3c(-c4nn(-c5cccc6c5cc(N(c5ccccc5)c5ccccn5)n6-c5ccccc5)c5ccccc45)cc(C(C)(C)C)cc3c2c1. The minimum atomic E-state index is -0.0763. The molecule has 0 aliphatic rings. The quantitative estimate of drug-likeness (QED) is 0.184. The van der Waals surface area contributed by atoms with Crippen LogP contribution in [0.1, 0.15) is 52.7 Å². The number of anilines is 3. The predicted octanol–water partition coefficient (Wildman–Crippen LogP) is 13.7. The van der Waals surface area contributed by atoms with Gasteiger partial charge in [0.1, 0.15) is 17.3 Å². The van der Waals surface area contributed by atoms with E-state index in [0.717, 1.165) is 72.8 Å². The molecule has 1 N–H and O–H groups in total. The van der Waals surface area contributed by atoms with Crippen LogP contribution < -0.4 is 4.90 Å². The van der Waals surface area contributed by atoms with E-state index in [1.54, 1.807) is 0 Å². The number of para-hydroxylation sites is 3. The Kier molecular flexibility index (Phi) is 8.17. The van der Waals surface area contributed by atoms with Crippen molar-refractivity contribution in [3.63, 3.8) is 0 Å².